The summed E-state index contributed by atoms with van der Waals surface area (Å²) in [5.74, 6) is 2.15. The van der Waals surface area contributed by atoms with Crippen molar-refractivity contribution in [1.82, 2.24) is 29.1 Å². The maximum atomic E-state index is 10.4. The van der Waals surface area contributed by atoms with Crippen LogP contribution in [0.1, 0.15) is 75.1 Å². The summed E-state index contributed by atoms with van der Waals surface area (Å²) in [5.41, 5.74) is 6.12. The molecule has 58 heavy (non-hydrogen) atoms. The molecule has 308 valence electrons. The van der Waals surface area contributed by atoms with Crippen molar-refractivity contribution in [1.29, 1.82) is 10.5 Å². The van der Waals surface area contributed by atoms with Gasteiger partial charge in [-0.15, -0.1) is 22.7 Å². The molecule has 0 radical (unpaired) electrons. The van der Waals surface area contributed by atoms with Crippen molar-refractivity contribution in [2.75, 3.05) is 0 Å². The number of aryl methyl sites for hydroxylation is 2. The second kappa shape index (κ2) is 18.7. The predicted octanol–water partition coefficient (Wildman–Crippen LogP) is 8.64. The van der Waals surface area contributed by atoms with Crippen LogP contribution in [0.3, 0.4) is 0 Å². The SMILES string of the molecule is Cc1nc2cnc3ccsc3c2n1[C@@H]1CC[C@@H](CC#N)[C@@H](O)C1.Cc1nc2cnc3ccsc3c2n1[C@H]1CC[C@H](CC#N)[C@H](O)C1.O=CC(F)(F)F.O=CC(F)(F)F. The van der Waals surface area contributed by atoms with Crippen LogP contribution in [0.25, 0.3) is 42.5 Å². The maximum absolute atomic E-state index is 10.4. The average Bonchev–Trinajstić information content (AvgIpc) is 3.98. The molecule has 20 heteroatoms. The van der Waals surface area contributed by atoms with Crippen molar-refractivity contribution in [3.8, 4) is 12.1 Å². The summed E-state index contributed by atoms with van der Waals surface area (Å²) in [4.78, 5) is 35.7. The molecule has 12 nitrogen and oxygen atoms in total. The Bertz CT molecular complexity index is 2280. The molecule has 0 bridgehead atoms. The van der Waals surface area contributed by atoms with E-state index < -0.39 is 37.1 Å². The normalized spacial score (nSPS) is 22.1. The zero-order chi connectivity index (χ0) is 42.4. The first-order valence-corrected chi connectivity index (χ1v) is 19.8. The number of fused-ring (bicyclic) bond motifs is 6. The number of hydrogen-bond acceptors (Lipinski definition) is 12. The molecule has 2 fully saturated rings. The van der Waals surface area contributed by atoms with Gasteiger partial charge in [0.2, 0.25) is 12.6 Å². The first-order chi connectivity index (χ1) is 27.5. The number of alkyl halides is 6. The van der Waals surface area contributed by atoms with E-state index >= 15 is 0 Å². The number of aliphatic hydroxyl groups excluding tert-OH is 2. The Labute approximate surface area is 335 Å². The van der Waals surface area contributed by atoms with Crippen molar-refractivity contribution in [2.45, 2.75) is 102 Å². The van der Waals surface area contributed by atoms with Gasteiger partial charge in [0.25, 0.3) is 0 Å². The third-order valence-corrected chi connectivity index (χ3v) is 12.0. The molecule has 0 saturated heterocycles. The second-order valence-electron chi connectivity index (χ2n) is 13.9. The van der Waals surface area contributed by atoms with Crippen molar-refractivity contribution < 1.29 is 46.1 Å². The van der Waals surface area contributed by atoms with Crippen LogP contribution < -0.4 is 0 Å². The lowest BCUT2D eigenvalue weighted by Gasteiger charge is -2.33. The largest absolute Gasteiger partial charge is 0.446 e. The number of thiophene rings is 2. The molecule has 2 N–H and O–H groups in total. The molecule has 0 unspecified atom stereocenters. The van der Waals surface area contributed by atoms with E-state index in [1.807, 2.05) is 38.4 Å². The predicted molar refractivity (Wildman–Crippen MR) is 205 cm³/mol. The van der Waals surface area contributed by atoms with Crippen LogP contribution in [0.2, 0.25) is 0 Å². The highest BCUT2D eigenvalue weighted by Crippen LogP contribution is 2.40. The Morgan fingerprint density at radius 1 is 0.707 bits per heavy atom. The maximum Gasteiger partial charge on any atom is 0.446 e. The van der Waals surface area contributed by atoms with E-state index in [-0.39, 0.29) is 23.9 Å². The molecule has 0 amide bonds. The van der Waals surface area contributed by atoms with Crippen LogP contribution in [0, 0.1) is 48.3 Å². The van der Waals surface area contributed by atoms with Crippen LogP contribution in [-0.2, 0) is 9.59 Å². The molecular weight excluding hydrogens is 811 g/mol. The quantitative estimate of drug-likeness (QED) is 0.129. The first-order valence-electron chi connectivity index (χ1n) is 18.1. The zero-order valence-corrected chi connectivity index (χ0v) is 32.7. The third-order valence-electron chi connectivity index (χ3n) is 10.2. The molecule has 0 aliphatic heterocycles. The number of aromatic nitrogens is 6. The Hall–Kier alpha value is -5.02. The van der Waals surface area contributed by atoms with E-state index in [0.29, 0.717) is 25.7 Å². The summed E-state index contributed by atoms with van der Waals surface area (Å²) in [5, 5.41) is 42.7. The van der Waals surface area contributed by atoms with Gasteiger partial charge in [0.05, 0.1) is 68.2 Å². The van der Waals surface area contributed by atoms with Gasteiger partial charge in [0.15, 0.2) is 0 Å². The number of imidazole rings is 2. The molecule has 6 aromatic rings. The molecule has 8 rings (SSSR count). The van der Waals surface area contributed by atoms with Crippen LogP contribution >= 0.6 is 22.7 Å². The summed E-state index contributed by atoms with van der Waals surface area (Å²) in [7, 11) is 0. The molecule has 2 aliphatic rings. The summed E-state index contributed by atoms with van der Waals surface area (Å²) in [6.45, 7) is 4.04. The van der Waals surface area contributed by atoms with Crippen molar-refractivity contribution in [3.63, 3.8) is 0 Å². The Morgan fingerprint density at radius 2 is 1.07 bits per heavy atom. The monoisotopic (exact) mass is 848 g/mol. The number of aliphatic hydroxyl groups is 2. The lowest BCUT2D eigenvalue weighted by atomic mass is 9.82. The fourth-order valence-electron chi connectivity index (χ4n) is 7.64. The molecule has 6 aromatic heterocycles. The summed E-state index contributed by atoms with van der Waals surface area (Å²) in [6.07, 6.45) is -2.56. The number of nitriles is 2. The summed E-state index contributed by atoms with van der Waals surface area (Å²) in [6, 6.07) is 8.92. The fraction of sp³-hybridized carbons (Fsp3) is 0.474. The Kier molecular flexibility index (Phi) is 14.2. The van der Waals surface area contributed by atoms with Gasteiger partial charge in [-0.3, -0.25) is 19.6 Å². The molecule has 0 spiro atoms. The highest BCUT2D eigenvalue weighted by molar-refractivity contribution is 7.18. The topological polar surface area (TPSA) is 184 Å². The van der Waals surface area contributed by atoms with Gasteiger partial charge in [0.1, 0.15) is 22.7 Å². The lowest BCUT2D eigenvalue weighted by Crippen LogP contribution is -2.31. The number of rotatable bonds is 4. The minimum atomic E-state index is -4.64. The van der Waals surface area contributed by atoms with E-state index in [9.17, 15) is 36.6 Å². The third kappa shape index (κ3) is 10.3. The molecule has 2 saturated carbocycles. The smallest absolute Gasteiger partial charge is 0.393 e. The van der Waals surface area contributed by atoms with E-state index in [2.05, 4.69) is 52.0 Å². The number of carbonyl (C=O) groups is 2. The van der Waals surface area contributed by atoms with Gasteiger partial charge in [-0.05, 0) is 87.1 Å². The number of pyridine rings is 2. The van der Waals surface area contributed by atoms with Crippen molar-refractivity contribution in [3.05, 3.63) is 46.9 Å². The van der Waals surface area contributed by atoms with Crippen LogP contribution in [0.5, 0.6) is 0 Å². The zero-order valence-electron chi connectivity index (χ0n) is 31.1. The van der Waals surface area contributed by atoms with Crippen LogP contribution in [0.4, 0.5) is 26.3 Å². The number of nitrogens with zero attached hydrogens (tertiary/aromatic N) is 8. The van der Waals surface area contributed by atoms with Crippen LogP contribution in [-0.4, -0.2) is 76.4 Å². The van der Waals surface area contributed by atoms with Gasteiger partial charge in [-0.1, -0.05) is 0 Å². The average molecular weight is 849 g/mol. The molecule has 2 aliphatic carbocycles. The second-order valence-corrected chi connectivity index (χ2v) is 15.8. The Morgan fingerprint density at radius 3 is 1.38 bits per heavy atom. The number of halogens is 6. The minimum Gasteiger partial charge on any atom is -0.393 e. The standard InChI is InChI=1S/2C17H18N4OS.2C2HF3O/c2*1-10-20-14-9-19-13-5-7-23-17(13)16(14)21(10)12-3-2-11(4-6-18)15(22)8-12;2*3-2(4,5)1-6/h2*5,7,9,11-12,15,22H,2-4,8H2,1H3;2*1H/t2*11-,12+,15-;;/m10../s1. The van der Waals surface area contributed by atoms with E-state index in [0.717, 1.165) is 79.8 Å². The van der Waals surface area contributed by atoms with E-state index in [1.165, 1.54) is 0 Å². The van der Waals surface area contributed by atoms with E-state index in [4.69, 9.17) is 20.1 Å². The molecular formula is C38H38F6N8O4S2. The van der Waals surface area contributed by atoms with Crippen molar-refractivity contribution in [2.24, 2.45) is 11.8 Å². The summed E-state index contributed by atoms with van der Waals surface area (Å²) >= 11 is 3.38. The van der Waals surface area contributed by atoms with Gasteiger partial charge in [-0.2, -0.15) is 36.9 Å². The lowest BCUT2D eigenvalue weighted by molar-refractivity contribution is -0.156. The number of aldehydes is 2. The minimum absolute atomic E-state index is 0.106. The molecule has 0 aromatic carbocycles. The fourth-order valence-corrected chi connectivity index (χ4v) is 9.42. The van der Waals surface area contributed by atoms with Crippen LogP contribution in [0.15, 0.2) is 35.3 Å². The van der Waals surface area contributed by atoms with Gasteiger partial charge < -0.3 is 19.3 Å². The number of carbonyl (C=O) groups excluding carboxylic acids is 2. The first kappa shape index (κ1) is 44.1. The highest BCUT2D eigenvalue weighted by atomic mass is 32.1. The van der Waals surface area contributed by atoms with Gasteiger partial charge >= 0.3 is 12.4 Å². The molecule has 6 heterocycles. The highest BCUT2D eigenvalue weighted by Gasteiger charge is 2.33. The van der Waals surface area contributed by atoms with Gasteiger partial charge in [0, 0.05) is 24.9 Å². The van der Waals surface area contributed by atoms with E-state index in [1.54, 1.807) is 22.7 Å². The number of hydrogen-bond donors (Lipinski definition) is 2. The Balaban J connectivity index is 0.000000173. The molecule has 6 atom stereocenters. The summed E-state index contributed by atoms with van der Waals surface area (Å²) < 4.78 is 69.4. The van der Waals surface area contributed by atoms with Crippen molar-refractivity contribution >= 4 is 77.7 Å². The van der Waals surface area contributed by atoms with Gasteiger partial charge in [-0.25, -0.2) is 9.97 Å².